The maximum Gasteiger partial charge on any atom is 0.255 e. The number of ether oxygens (including phenoxy) is 1. The average molecular weight is 459 g/mol. The summed E-state index contributed by atoms with van der Waals surface area (Å²) < 4.78 is 18.6. The minimum Gasteiger partial charge on any atom is -0.386 e. The molecule has 2 atom stereocenters. The minimum atomic E-state index is -1.02. The molecule has 1 saturated heterocycles. The average Bonchev–Trinajstić information content (AvgIpc) is 2.86. The SMILES string of the molecule is N#Cc1ccc(C(=O)Nc2ccc([C@@H](O)[C@H]3COCC(=O)N3Cc3ccc(F)cc3)cc2)cc1. The number of halogens is 1. The van der Waals surface area contributed by atoms with Gasteiger partial charge in [0, 0.05) is 17.8 Å². The number of carbonyl (C=O) groups excluding carboxylic acids is 2. The quantitative estimate of drug-likeness (QED) is 0.588. The van der Waals surface area contributed by atoms with Crippen molar-refractivity contribution in [1.82, 2.24) is 4.90 Å². The molecule has 4 rings (SSSR count). The molecule has 1 aliphatic rings. The number of amides is 2. The topological polar surface area (TPSA) is 103 Å². The Hall–Kier alpha value is -4.06. The summed E-state index contributed by atoms with van der Waals surface area (Å²) in [4.78, 5) is 26.5. The predicted octanol–water partition coefficient (Wildman–Crippen LogP) is 3.41. The number of nitrogens with zero attached hydrogens (tertiary/aromatic N) is 2. The molecule has 3 aromatic rings. The highest BCUT2D eigenvalue weighted by Gasteiger charge is 2.34. The lowest BCUT2D eigenvalue weighted by Gasteiger charge is -2.38. The molecule has 172 valence electrons. The van der Waals surface area contributed by atoms with Crippen molar-refractivity contribution in [2.24, 2.45) is 0 Å². The molecule has 0 aliphatic carbocycles. The van der Waals surface area contributed by atoms with E-state index in [1.54, 1.807) is 65.6 Å². The number of nitrogens with one attached hydrogen (secondary N) is 1. The van der Waals surface area contributed by atoms with E-state index in [1.165, 1.54) is 12.1 Å². The summed E-state index contributed by atoms with van der Waals surface area (Å²) in [6.45, 7) is 0.305. The first-order chi connectivity index (χ1) is 16.4. The number of anilines is 1. The third kappa shape index (κ3) is 5.29. The van der Waals surface area contributed by atoms with Crippen molar-refractivity contribution < 1.29 is 23.8 Å². The van der Waals surface area contributed by atoms with Crippen LogP contribution in [0.3, 0.4) is 0 Å². The van der Waals surface area contributed by atoms with Crippen molar-refractivity contribution in [3.05, 3.63) is 101 Å². The first kappa shape index (κ1) is 23.1. The van der Waals surface area contributed by atoms with Gasteiger partial charge in [-0.2, -0.15) is 5.26 Å². The zero-order chi connectivity index (χ0) is 24.1. The zero-order valence-corrected chi connectivity index (χ0v) is 18.1. The minimum absolute atomic E-state index is 0.0786. The maximum atomic E-state index is 13.2. The van der Waals surface area contributed by atoms with Gasteiger partial charge in [-0.25, -0.2) is 4.39 Å². The van der Waals surface area contributed by atoms with E-state index in [0.29, 0.717) is 22.4 Å². The van der Waals surface area contributed by atoms with Crippen molar-refractivity contribution in [2.45, 2.75) is 18.7 Å². The fourth-order valence-corrected chi connectivity index (χ4v) is 3.76. The van der Waals surface area contributed by atoms with E-state index >= 15 is 0 Å². The summed E-state index contributed by atoms with van der Waals surface area (Å²) in [6, 6.07) is 20.2. The molecule has 34 heavy (non-hydrogen) atoms. The Bertz CT molecular complexity index is 1200. The van der Waals surface area contributed by atoms with Gasteiger partial charge in [-0.05, 0) is 59.7 Å². The molecule has 1 heterocycles. The van der Waals surface area contributed by atoms with Crippen molar-refractivity contribution in [1.29, 1.82) is 5.26 Å². The molecule has 3 aromatic carbocycles. The third-order valence-electron chi connectivity index (χ3n) is 5.65. The van der Waals surface area contributed by atoms with Crippen LogP contribution < -0.4 is 5.32 Å². The van der Waals surface area contributed by atoms with Crippen LogP contribution in [0.4, 0.5) is 10.1 Å². The number of aliphatic hydroxyl groups excluding tert-OH is 1. The van der Waals surface area contributed by atoms with Crippen LogP contribution in [0.2, 0.25) is 0 Å². The summed E-state index contributed by atoms with van der Waals surface area (Å²) in [6.07, 6.45) is -1.02. The second-order valence-electron chi connectivity index (χ2n) is 7.94. The largest absolute Gasteiger partial charge is 0.386 e. The molecule has 1 fully saturated rings. The molecule has 0 spiro atoms. The lowest BCUT2D eigenvalue weighted by molar-refractivity contribution is -0.155. The third-order valence-corrected chi connectivity index (χ3v) is 5.65. The number of rotatable bonds is 6. The van der Waals surface area contributed by atoms with Gasteiger partial charge >= 0.3 is 0 Å². The second kappa shape index (κ2) is 10.3. The Morgan fingerprint density at radius 3 is 2.44 bits per heavy atom. The number of nitriles is 1. The predicted molar refractivity (Wildman–Crippen MR) is 122 cm³/mol. The molecule has 0 aromatic heterocycles. The number of hydrogen-bond donors (Lipinski definition) is 2. The first-order valence-electron chi connectivity index (χ1n) is 10.7. The molecule has 2 amide bonds. The van der Waals surface area contributed by atoms with Gasteiger partial charge in [0.1, 0.15) is 18.5 Å². The summed E-state index contributed by atoms with van der Waals surface area (Å²) in [7, 11) is 0. The number of morpholine rings is 1. The van der Waals surface area contributed by atoms with Gasteiger partial charge in [0.25, 0.3) is 5.91 Å². The van der Waals surface area contributed by atoms with Crippen LogP contribution in [0.5, 0.6) is 0 Å². The van der Waals surface area contributed by atoms with Crippen LogP contribution in [0.1, 0.15) is 33.2 Å². The lowest BCUT2D eigenvalue weighted by atomic mass is 9.99. The van der Waals surface area contributed by atoms with E-state index in [1.807, 2.05) is 6.07 Å². The highest BCUT2D eigenvalue weighted by atomic mass is 19.1. The molecule has 1 aliphatic heterocycles. The van der Waals surface area contributed by atoms with Crippen molar-refractivity contribution >= 4 is 17.5 Å². The Morgan fingerprint density at radius 2 is 1.79 bits per heavy atom. The molecule has 0 radical (unpaired) electrons. The van der Waals surface area contributed by atoms with Crippen LogP contribution in [-0.2, 0) is 16.1 Å². The molecule has 0 unspecified atom stereocenters. The zero-order valence-electron chi connectivity index (χ0n) is 18.1. The van der Waals surface area contributed by atoms with E-state index < -0.39 is 12.1 Å². The summed E-state index contributed by atoms with van der Waals surface area (Å²) >= 11 is 0. The van der Waals surface area contributed by atoms with Crippen molar-refractivity contribution in [3.8, 4) is 6.07 Å². The van der Waals surface area contributed by atoms with Crippen LogP contribution in [0.15, 0.2) is 72.8 Å². The second-order valence-corrected chi connectivity index (χ2v) is 7.94. The van der Waals surface area contributed by atoms with Gasteiger partial charge in [0.05, 0.1) is 24.3 Å². The van der Waals surface area contributed by atoms with E-state index in [2.05, 4.69) is 5.32 Å². The number of benzene rings is 3. The number of aliphatic hydroxyl groups is 1. The van der Waals surface area contributed by atoms with Crippen molar-refractivity contribution in [2.75, 3.05) is 18.5 Å². The van der Waals surface area contributed by atoms with Crippen LogP contribution >= 0.6 is 0 Å². The Labute approximate surface area is 196 Å². The fraction of sp³-hybridized carbons (Fsp3) is 0.192. The Balaban J connectivity index is 1.45. The summed E-state index contributed by atoms with van der Waals surface area (Å²) in [5.74, 6) is -0.944. The van der Waals surface area contributed by atoms with Crippen molar-refractivity contribution in [3.63, 3.8) is 0 Å². The molecular formula is C26H22FN3O4. The smallest absolute Gasteiger partial charge is 0.255 e. The lowest BCUT2D eigenvalue weighted by Crippen LogP contribution is -2.51. The standard InChI is InChI=1S/C26H22FN3O4/c27-21-9-3-18(4-10-21)14-30-23(15-34-16-24(30)31)25(32)19-7-11-22(12-8-19)29-26(33)20-5-1-17(13-28)2-6-20/h1-12,23,25,32H,14-16H2,(H,29,33)/t23-,25-/m1/s1. The fourth-order valence-electron chi connectivity index (χ4n) is 3.76. The number of carbonyl (C=O) groups is 2. The Kier molecular flexibility index (Phi) is 6.97. The first-order valence-corrected chi connectivity index (χ1v) is 10.7. The normalized spacial score (nSPS) is 16.6. The highest BCUT2D eigenvalue weighted by Crippen LogP contribution is 2.27. The molecule has 0 bridgehead atoms. The maximum absolute atomic E-state index is 13.2. The summed E-state index contributed by atoms with van der Waals surface area (Å²) in [5, 5.41) is 22.6. The number of hydrogen-bond acceptors (Lipinski definition) is 5. The molecule has 8 heteroatoms. The van der Waals surface area contributed by atoms with Gasteiger partial charge in [-0.1, -0.05) is 24.3 Å². The summed E-state index contributed by atoms with van der Waals surface area (Å²) in [5.41, 5.74) is 2.72. The monoisotopic (exact) mass is 459 g/mol. The Morgan fingerprint density at radius 1 is 1.12 bits per heavy atom. The van der Waals surface area contributed by atoms with Gasteiger partial charge in [0.2, 0.25) is 5.91 Å². The molecule has 2 N–H and O–H groups in total. The molecule has 7 nitrogen and oxygen atoms in total. The molecule has 0 saturated carbocycles. The van der Waals surface area contributed by atoms with Gasteiger partial charge in [-0.15, -0.1) is 0 Å². The van der Waals surface area contributed by atoms with E-state index in [4.69, 9.17) is 10.00 Å². The van der Waals surface area contributed by atoms with E-state index in [0.717, 1.165) is 5.56 Å². The van der Waals surface area contributed by atoms with E-state index in [-0.39, 0.29) is 37.4 Å². The van der Waals surface area contributed by atoms with Gasteiger partial charge < -0.3 is 20.1 Å². The molecular weight excluding hydrogens is 437 g/mol. The highest BCUT2D eigenvalue weighted by molar-refractivity contribution is 6.04. The van der Waals surface area contributed by atoms with E-state index in [9.17, 15) is 19.1 Å². The van der Waals surface area contributed by atoms with Crippen LogP contribution in [0.25, 0.3) is 0 Å². The van der Waals surface area contributed by atoms with Gasteiger partial charge in [0.15, 0.2) is 0 Å². The van der Waals surface area contributed by atoms with Crippen LogP contribution in [0, 0.1) is 17.1 Å². The van der Waals surface area contributed by atoms with Gasteiger partial charge in [-0.3, -0.25) is 9.59 Å². The van der Waals surface area contributed by atoms with Crippen LogP contribution in [-0.4, -0.2) is 41.1 Å².